The number of imide groups is 1. The Balaban J connectivity index is 1.52. The number of hydrogen-bond acceptors (Lipinski definition) is 4. The van der Waals surface area contributed by atoms with Crippen molar-refractivity contribution in [3.63, 3.8) is 0 Å². The van der Waals surface area contributed by atoms with Crippen LogP contribution < -0.4 is 5.32 Å². The summed E-state index contributed by atoms with van der Waals surface area (Å²) in [5.41, 5.74) is -0.222. The highest BCUT2D eigenvalue weighted by Gasteiger charge is 2.49. The zero-order valence-corrected chi connectivity index (χ0v) is 14.4. The van der Waals surface area contributed by atoms with Crippen LogP contribution in [0.1, 0.15) is 49.2 Å². The van der Waals surface area contributed by atoms with Gasteiger partial charge in [0.2, 0.25) is 0 Å². The molecule has 2 aromatic heterocycles. The standard InChI is InChI=1S/C17H20N4O2S/c1-17(14-7-4-10-24-14)15(22)20(16(23)18-17)11-12-8-9-21(19-12)13-5-2-3-6-13/h4,7-10,13H,2-3,5-6,11H2,1H3,(H,18,23). The number of nitrogens with zero attached hydrogens (tertiary/aromatic N) is 3. The first-order chi connectivity index (χ1) is 11.6. The number of carbonyl (C=O) groups is 2. The van der Waals surface area contributed by atoms with Gasteiger partial charge in [0.25, 0.3) is 5.91 Å². The summed E-state index contributed by atoms with van der Waals surface area (Å²) in [6, 6.07) is 5.77. The van der Waals surface area contributed by atoms with Crippen LogP contribution in [-0.2, 0) is 16.9 Å². The van der Waals surface area contributed by atoms with Gasteiger partial charge in [0.15, 0.2) is 5.54 Å². The highest BCUT2D eigenvalue weighted by atomic mass is 32.1. The van der Waals surface area contributed by atoms with Crippen molar-refractivity contribution in [1.29, 1.82) is 0 Å². The molecule has 0 bridgehead atoms. The Labute approximate surface area is 144 Å². The van der Waals surface area contributed by atoms with Crippen molar-refractivity contribution in [2.45, 2.75) is 50.7 Å². The first kappa shape index (κ1) is 15.4. The van der Waals surface area contributed by atoms with E-state index in [-0.39, 0.29) is 18.5 Å². The SMILES string of the molecule is CC1(c2cccs2)NC(=O)N(Cc2ccn(C3CCCC3)n2)C1=O. The summed E-state index contributed by atoms with van der Waals surface area (Å²) in [7, 11) is 0. The fourth-order valence-electron chi connectivity index (χ4n) is 3.57. The summed E-state index contributed by atoms with van der Waals surface area (Å²) in [6.45, 7) is 1.97. The number of rotatable bonds is 4. The van der Waals surface area contributed by atoms with Gasteiger partial charge in [-0.15, -0.1) is 11.3 Å². The first-order valence-electron chi connectivity index (χ1n) is 8.30. The maximum Gasteiger partial charge on any atom is 0.325 e. The van der Waals surface area contributed by atoms with Crippen molar-refractivity contribution >= 4 is 23.3 Å². The average Bonchev–Trinajstić information content (AvgIpc) is 3.34. The Bertz CT molecular complexity index is 763. The molecule has 24 heavy (non-hydrogen) atoms. The molecule has 1 saturated heterocycles. The molecule has 0 radical (unpaired) electrons. The van der Waals surface area contributed by atoms with E-state index in [1.807, 2.05) is 34.5 Å². The van der Waals surface area contributed by atoms with Gasteiger partial charge in [0.05, 0.1) is 18.3 Å². The van der Waals surface area contributed by atoms with E-state index in [9.17, 15) is 9.59 Å². The van der Waals surface area contributed by atoms with Crippen LogP contribution in [0.15, 0.2) is 29.8 Å². The third-order valence-corrected chi connectivity index (χ3v) is 6.06. The summed E-state index contributed by atoms with van der Waals surface area (Å²) in [5.74, 6) is -0.217. The highest BCUT2D eigenvalue weighted by Crippen LogP contribution is 2.33. The molecule has 2 fully saturated rings. The minimum absolute atomic E-state index is 0.214. The van der Waals surface area contributed by atoms with Gasteiger partial charge in [0.1, 0.15) is 0 Å². The lowest BCUT2D eigenvalue weighted by molar-refractivity contribution is -0.131. The maximum absolute atomic E-state index is 12.8. The topological polar surface area (TPSA) is 67.2 Å². The lowest BCUT2D eigenvalue weighted by Crippen LogP contribution is -2.40. The van der Waals surface area contributed by atoms with Gasteiger partial charge in [-0.05, 0) is 37.3 Å². The van der Waals surface area contributed by atoms with Crippen LogP contribution >= 0.6 is 11.3 Å². The predicted octanol–water partition coefficient (Wildman–Crippen LogP) is 3.03. The summed E-state index contributed by atoms with van der Waals surface area (Å²) >= 11 is 1.47. The van der Waals surface area contributed by atoms with E-state index in [2.05, 4.69) is 10.4 Å². The van der Waals surface area contributed by atoms with Gasteiger partial charge in [0, 0.05) is 11.1 Å². The summed E-state index contributed by atoms with van der Waals surface area (Å²) in [4.78, 5) is 27.3. The van der Waals surface area contributed by atoms with Gasteiger partial charge >= 0.3 is 6.03 Å². The molecule has 1 aliphatic carbocycles. The monoisotopic (exact) mass is 344 g/mol. The first-order valence-corrected chi connectivity index (χ1v) is 9.18. The molecule has 0 spiro atoms. The van der Waals surface area contributed by atoms with Crippen LogP contribution in [0.4, 0.5) is 4.79 Å². The van der Waals surface area contributed by atoms with E-state index in [1.54, 1.807) is 6.92 Å². The molecule has 1 aliphatic heterocycles. The molecule has 3 heterocycles. The quantitative estimate of drug-likeness (QED) is 0.867. The van der Waals surface area contributed by atoms with E-state index >= 15 is 0 Å². The molecule has 6 nitrogen and oxygen atoms in total. The average molecular weight is 344 g/mol. The highest BCUT2D eigenvalue weighted by molar-refractivity contribution is 7.10. The van der Waals surface area contributed by atoms with Crippen LogP contribution in [-0.4, -0.2) is 26.6 Å². The number of amides is 3. The minimum Gasteiger partial charge on any atom is -0.319 e. The van der Waals surface area contributed by atoms with Gasteiger partial charge in [-0.2, -0.15) is 5.10 Å². The normalized spacial score (nSPS) is 24.8. The number of carbonyl (C=O) groups excluding carboxylic acids is 2. The number of aromatic nitrogens is 2. The van der Waals surface area contributed by atoms with Crippen molar-refractivity contribution < 1.29 is 9.59 Å². The van der Waals surface area contributed by atoms with Gasteiger partial charge in [-0.3, -0.25) is 14.4 Å². The third kappa shape index (κ3) is 2.43. The van der Waals surface area contributed by atoms with E-state index in [0.717, 1.165) is 23.4 Å². The molecule has 2 aromatic rings. The van der Waals surface area contributed by atoms with E-state index in [0.29, 0.717) is 6.04 Å². The fraction of sp³-hybridized carbons (Fsp3) is 0.471. The van der Waals surface area contributed by atoms with E-state index < -0.39 is 5.54 Å². The van der Waals surface area contributed by atoms with Crippen LogP contribution in [0.25, 0.3) is 0 Å². The summed E-state index contributed by atoms with van der Waals surface area (Å²) < 4.78 is 1.99. The maximum atomic E-state index is 12.8. The molecule has 1 unspecified atom stereocenters. The molecular formula is C17H20N4O2S. The second kappa shape index (κ2) is 5.73. The van der Waals surface area contributed by atoms with Crippen molar-refractivity contribution in [2.75, 3.05) is 0 Å². The van der Waals surface area contributed by atoms with Gasteiger partial charge in [-0.1, -0.05) is 18.9 Å². The minimum atomic E-state index is -0.973. The number of thiophene rings is 1. The number of urea groups is 1. The molecule has 126 valence electrons. The van der Waals surface area contributed by atoms with Crippen LogP contribution in [0.3, 0.4) is 0 Å². The van der Waals surface area contributed by atoms with Crippen molar-refractivity contribution in [3.8, 4) is 0 Å². The van der Waals surface area contributed by atoms with Crippen LogP contribution in [0, 0.1) is 0 Å². The number of hydrogen-bond donors (Lipinski definition) is 1. The Kier molecular flexibility index (Phi) is 3.68. The predicted molar refractivity (Wildman–Crippen MR) is 90.5 cm³/mol. The fourth-order valence-corrected chi connectivity index (χ4v) is 4.40. The van der Waals surface area contributed by atoms with Crippen molar-refractivity contribution in [3.05, 3.63) is 40.3 Å². The molecule has 2 aliphatic rings. The Morgan fingerprint density at radius 3 is 2.83 bits per heavy atom. The molecule has 0 aromatic carbocycles. The Morgan fingerprint density at radius 1 is 1.33 bits per heavy atom. The third-order valence-electron chi connectivity index (χ3n) is 4.97. The lowest BCUT2D eigenvalue weighted by Gasteiger charge is -2.19. The zero-order chi connectivity index (χ0) is 16.7. The summed E-state index contributed by atoms with van der Waals surface area (Å²) in [5, 5.41) is 9.32. The second-order valence-electron chi connectivity index (χ2n) is 6.65. The smallest absolute Gasteiger partial charge is 0.319 e. The van der Waals surface area contributed by atoms with Crippen molar-refractivity contribution in [2.24, 2.45) is 0 Å². The van der Waals surface area contributed by atoms with Gasteiger partial charge < -0.3 is 5.32 Å². The van der Waals surface area contributed by atoms with Gasteiger partial charge in [-0.25, -0.2) is 4.79 Å². The largest absolute Gasteiger partial charge is 0.325 e. The zero-order valence-electron chi connectivity index (χ0n) is 13.6. The van der Waals surface area contributed by atoms with E-state index in [1.165, 1.54) is 29.1 Å². The summed E-state index contributed by atoms with van der Waals surface area (Å²) in [6.07, 6.45) is 6.75. The van der Waals surface area contributed by atoms with Crippen LogP contribution in [0.2, 0.25) is 0 Å². The molecule has 1 N–H and O–H groups in total. The second-order valence-corrected chi connectivity index (χ2v) is 7.60. The molecular weight excluding hydrogens is 324 g/mol. The molecule has 7 heteroatoms. The Hall–Kier alpha value is -2.15. The lowest BCUT2D eigenvalue weighted by atomic mass is 10.0. The molecule has 1 saturated carbocycles. The Morgan fingerprint density at radius 2 is 2.12 bits per heavy atom. The molecule has 1 atom stereocenters. The van der Waals surface area contributed by atoms with Crippen LogP contribution in [0.5, 0.6) is 0 Å². The van der Waals surface area contributed by atoms with E-state index in [4.69, 9.17) is 0 Å². The molecule has 3 amide bonds. The van der Waals surface area contributed by atoms with Crippen molar-refractivity contribution in [1.82, 2.24) is 20.0 Å². The number of nitrogens with one attached hydrogen (secondary N) is 1. The molecule has 4 rings (SSSR count).